The maximum Gasteiger partial charge on any atom is 0.0567 e. The van der Waals surface area contributed by atoms with Crippen molar-refractivity contribution in [1.29, 1.82) is 0 Å². The average Bonchev–Trinajstić information content (AvgIpc) is 3.75. The van der Waals surface area contributed by atoms with Crippen LogP contribution in [0.2, 0.25) is 0 Å². The van der Waals surface area contributed by atoms with Crippen LogP contribution in [0.25, 0.3) is 48.6 Å². The van der Waals surface area contributed by atoms with E-state index in [0.717, 1.165) is 0 Å². The SMILES string of the molecule is C1=Cc2ccccc2C(SC2c3ccccc3C=Cc3ccccc32)c2ccccc21.C1=Cc2ccccc2C(SC2c3ccccc3C=Cc3ccccc32)c2ccccc21. The molecule has 296 valence electrons. The Kier molecular flexibility index (Phi) is 10.6. The second kappa shape index (κ2) is 17.1. The number of fused-ring (bicyclic) bond motifs is 8. The van der Waals surface area contributed by atoms with Gasteiger partial charge in [-0.2, -0.15) is 0 Å². The summed E-state index contributed by atoms with van der Waals surface area (Å²) in [5, 5.41) is 1.02. The molecule has 0 unspecified atom stereocenters. The quantitative estimate of drug-likeness (QED) is 0.173. The molecule has 62 heavy (non-hydrogen) atoms. The van der Waals surface area contributed by atoms with Gasteiger partial charge in [0.05, 0.1) is 21.0 Å². The van der Waals surface area contributed by atoms with E-state index in [9.17, 15) is 0 Å². The standard InChI is InChI=1S/2C30H22S/c2*1-5-13-25-21(9-1)17-18-22-10-2-6-14-26(22)29(25)31-30-27-15-7-3-11-23(27)19-20-24-12-4-8-16-28(24)30/h2*1-20,29-30H. The van der Waals surface area contributed by atoms with Crippen LogP contribution < -0.4 is 0 Å². The highest BCUT2D eigenvalue weighted by Crippen LogP contribution is 2.54. The van der Waals surface area contributed by atoms with E-state index in [1.165, 1.54) is 89.0 Å². The molecule has 0 saturated heterocycles. The first kappa shape index (κ1) is 38.3. The molecule has 8 aromatic rings. The maximum atomic E-state index is 2.30. The average molecular weight is 829 g/mol. The smallest absolute Gasteiger partial charge is 0.0567 e. The first-order valence-corrected chi connectivity index (χ1v) is 23.4. The van der Waals surface area contributed by atoms with Gasteiger partial charge >= 0.3 is 0 Å². The highest BCUT2D eigenvalue weighted by atomic mass is 32.2. The van der Waals surface area contributed by atoms with E-state index in [1.807, 2.05) is 0 Å². The number of hydrogen-bond donors (Lipinski definition) is 0. The fourth-order valence-corrected chi connectivity index (χ4v) is 12.9. The molecular weight excluding hydrogens is 785 g/mol. The van der Waals surface area contributed by atoms with Gasteiger partial charge in [-0.15, -0.1) is 23.5 Å². The normalized spacial score (nSPS) is 14.7. The monoisotopic (exact) mass is 828 g/mol. The van der Waals surface area contributed by atoms with Gasteiger partial charge in [-0.25, -0.2) is 0 Å². The van der Waals surface area contributed by atoms with Gasteiger partial charge in [0.25, 0.3) is 0 Å². The van der Waals surface area contributed by atoms with Gasteiger partial charge in [-0.3, -0.25) is 0 Å². The predicted molar refractivity (Wildman–Crippen MR) is 270 cm³/mol. The van der Waals surface area contributed by atoms with E-state index >= 15 is 0 Å². The van der Waals surface area contributed by atoms with Crippen molar-refractivity contribution < 1.29 is 0 Å². The predicted octanol–water partition coefficient (Wildman–Crippen LogP) is 16.5. The summed E-state index contributed by atoms with van der Waals surface area (Å²) in [4.78, 5) is 0. The summed E-state index contributed by atoms with van der Waals surface area (Å²) in [6.45, 7) is 0. The second-order valence-electron chi connectivity index (χ2n) is 16.2. The van der Waals surface area contributed by atoms with Crippen LogP contribution in [0.1, 0.15) is 110 Å². The Bertz CT molecular complexity index is 2460. The Morgan fingerprint density at radius 1 is 0.177 bits per heavy atom. The van der Waals surface area contributed by atoms with E-state index in [4.69, 9.17) is 0 Å². The molecule has 0 atom stereocenters. The minimum absolute atomic E-state index is 0.256. The third-order valence-electron chi connectivity index (χ3n) is 12.5. The summed E-state index contributed by atoms with van der Waals surface area (Å²) in [7, 11) is 0. The summed E-state index contributed by atoms with van der Waals surface area (Å²) in [5.74, 6) is 0. The summed E-state index contributed by atoms with van der Waals surface area (Å²) >= 11 is 4.12. The lowest BCUT2D eigenvalue weighted by molar-refractivity contribution is 1.09. The third-order valence-corrected chi connectivity index (χ3v) is 15.7. The van der Waals surface area contributed by atoms with E-state index in [1.54, 1.807) is 0 Å². The molecule has 8 aromatic carbocycles. The largest absolute Gasteiger partial charge is 0.136 e. The van der Waals surface area contributed by atoms with Crippen LogP contribution >= 0.6 is 23.5 Å². The van der Waals surface area contributed by atoms with Gasteiger partial charge in [0.1, 0.15) is 0 Å². The van der Waals surface area contributed by atoms with Crippen LogP contribution in [0, 0.1) is 0 Å². The van der Waals surface area contributed by atoms with Crippen molar-refractivity contribution in [2.45, 2.75) is 21.0 Å². The van der Waals surface area contributed by atoms with Crippen LogP contribution in [0.3, 0.4) is 0 Å². The fraction of sp³-hybridized carbons (Fsp3) is 0.0667. The first-order chi connectivity index (χ1) is 30.8. The van der Waals surface area contributed by atoms with Gasteiger partial charge in [0.2, 0.25) is 0 Å². The Hall–Kier alpha value is -6.58. The van der Waals surface area contributed by atoms with Crippen LogP contribution in [-0.2, 0) is 0 Å². The second-order valence-corrected chi connectivity index (χ2v) is 18.6. The highest BCUT2D eigenvalue weighted by molar-refractivity contribution is 8.00. The van der Waals surface area contributed by atoms with E-state index < -0.39 is 0 Å². The number of thioether (sulfide) groups is 2. The van der Waals surface area contributed by atoms with Crippen molar-refractivity contribution >= 4 is 72.1 Å². The molecule has 4 aliphatic rings. The molecule has 0 aromatic heterocycles. The molecule has 0 spiro atoms. The Balaban J connectivity index is 0.000000139. The lowest BCUT2D eigenvalue weighted by Crippen LogP contribution is -2.07. The van der Waals surface area contributed by atoms with Crippen molar-refractivity contribution in [3.05, 3.63) is 283 Å². The number of benzene rings is 8. The molecule has 0 aliphatic heterocycles. The molecule has 0 radical (unpaired) electrons. The Morgan fingerprint density at radius 2 is 0.306 bits per heavy atom. The summed E-state index contributed by atoms with van der Waals surface area (Å²) in [5.41, 5.74) is 21.6. The third kappa shape index (κ3) is 7.34. The highest BCUT2D eigenvalue weighted by Gasteiger charge is 2.31. The lowest BCUT2D eigenvalue weighted by atomic mass is 9.98. The number of hydrogen-bond acceptors (Lipinski definition) is 2. The summed E-state index contributed by atoms with van der Waals surface area (Å²) < 4.78 is 0. The Labute approximate surface area is 374 Å². The minimum atomic E-state index is 0.256. The molecular formula is C60H44S2. The van der Waals surface area contributed by atoms with Crippen molar-refractivity contribution in [3.8, 4) is 0 Å². The topological polar surface area (TPSA) is 0 Å². The van der Waals surface area contributed by atoms with Crippen LogP contribution in [0.4, 0.5) is 0 Å². The van der Waals surface area contributed by atoms with Crippen LogP contribution in [0.5, 0.6) is 0 Å². The molecule has 2 heteroatoms. The molecule has 12 rings (SSSR count). The first-order valence-electron chi connectivity index (χ1n) is 21.5. The molecule has 0 fully saturated rings. The van der Waals surface area contributed by atoms with Gasteiger partial charge in [-0.1, -0.05) is 243 Å². The van der Waals surface area contributed by atoms with Crippen LogP contribution in [0.15, 0.2) is 194 Å². The zero-order valence-electron chi connectivity index (χ0n) is 34.2. The molecule has 0 heterocycles. The van der Waals surface area contributed by atoms with E-state index in [-0.39, 0.29) is 21.0 Å². The molecule has 0 bridgehead atoms. The zero-order valence-corrected chi connectivity index (χ0v) is 35.9. The van der Waals surface area contributed by atoms with Crippen molar-refractivity contribution in [1.82, 2.24) is 0 Å². The van der Waals surface area contributed by atoms with Crippen molar-refractivity contribution in [2.24, 2.45) is 0 Å². The maximum absolute atomic E-state index is 2.30. The molecule has 0 N–H and O–H groups in total. The molecule has 0 nitrogen and oxygen atoms in total. The van der Waals surface area contributed by atoms with Crippen molar-refractivity contribution in [2.75, 3.05) is 0 Å². The van der Waals surface area contributed by atoms with E-state index in [2.05, 4.69) is 266 Å². The van der Waals surface area contributed by atoms with Gasteiger partial charge in [-0.05, 0) is 89.0 Å². The number of rotatable bonds is 4. The minimum Gasteiger partial charge on any atom is -0.136 e. The summed E-state index contributed by atoms with van der Waals surface area (Å²) in [6, 6.07) is 70.8. The molecule has 4 aliphatic carbocycles. The molecule has 0 amide bonds. The fourth-order valence-electron chi connectivity index (χ4n) is 9.46. The van der Waals surface area contributed by atoms with Gasteiger partial charge in [0, 0.05) is 0 Å². The zero-order chi connectivity index (χ0) is 41.2. The molecule has 0 saturated carbocycles. The van der Waals surface area contributed by atoms with E-state index in [0.29, 0.717) is 0 Å². The van der Waals surface area contributed by atoms with Crippen molar-refractivity contribution in [3.63, 3.8) is 0 Å². The van der Waals surface area contributed by atoms with Gasteiger partial charge < -0.3 is 0 Å². The summed E-state index contributed by atoms with van der Waals surface area (Å²) in [6.07, 6.45) is 18.2. The lowest BCUT2D eigenvalue weighted by Gasteiger charge is -2.27. The van der Waals surface area contributed by atoms with Gasteiger partial charge in [0.15, 0.2) is 0 Å². The Morgan fingerprint density at radius 3 is 0.452 bits per heavy atom. The van der Waals surface area contributed by atoms with Crippen LogP contribution in [-0.4, -0.2) is 0 Å².